The number of aliphatic imine (C=N–C) groups is 1. The summed E-state index contributed by atoms with van der Waals surface area (Å²) >= 11 is 0. The van der Waals surface area contributed by atoms with Gasteiger partial charge in [0.05, 0.1) is 19.6 Å². The van der Waals surface area contributed by atoms with Gasteiger partial charge in [0.1, 0.15) is 0 Å². The van der Waals surface area contributed by atoms with Crippen LogP contribution in [0.2, 0.25) is 0 Å². The van der Waals surface area contributed by atoms with Gasteiger partial charge in [-0.25, -0.2) is 13.4 Å². The number of hydrogen-bond acceptors (Lipinski definition) is 4. The third-order valence-corrected chi connectivity index (χ3v) is 1.46. The maximum atomic E-state index is 10.6. The summed E-state index contributed by atoms with van der Waals surface area (Å²) in [6.07, 6.45) is 5.02. The molecule has 74 valence electrons. The Morgan fingerprint density at radius 3 is 2.62 bits per heavy atom. The smallest absolute Gasteiger partial charge is 0.230 e. The zero-order valence-corrected chi connectivity index (χ0v) is 8.34. The predicted molar refractivity (Wildman–Crippen MR) is 51.8 cm³/mol. The molecule has 0 rings (SSSR count). The zero-order valence-electron chi connectivity index (χ0n) is 7.52. The number of nitrogens with zero attached hydrogens (tertiary/aromatic N) is 1. The molecule has 0 radical (unpaired) electrons. The van der Waals surface area contributed by atoms with Gasteiger partial charge in [-0.3, -0.25) is 4.72 Å². The highest BCUT2D eigenvalue weighted by atomic mass is 32.2. The Morgan fingerprint density at radius 1 is 1.62 bits per heavy atom. The van der Waals surface area contributed by atoms with Crippen LogP contribution in [-0.2, 0) is 14.8 Å². The summed E-state index contributed by atoms with van der Waals surface area (Å²) in [5.41, 5.74) is 0. The lowest BCUT2D eigenvalue weighted by molar-refractivity contribution is 0.287. The maximum absolute atomic E-state index is 10.6. The van der Waals surface area contributed by atoms with Crippen molar-refractivity contribution in [2.24, 2.45) is 4.99 Å². The van der Waals surface area contributed by atoms with Crippen LogP contribution in [0.1, 0.15) is 0 Å². The number of nitrogens with one attached hydrogen (secondary N) is 1. The van der Waals surface area contributed by atoms with Crippen LogP contribution in [0, 0.1) is 0 Å². The van der Waals surface area contributed by atoms with Gasteiger partial charge in [-0.1, -0.05) is 12.7 Å². The molecule has 0 atom stereocenters. The van der Waals surface area contributed by atoms with Gasteiger partial charge < -0.3 is 4.74 Å². The fourth-order valence-electron chi connectivity index (χ4n) is 0.433. The van der Waals surface area contributed by atoms with Crippen molar-refractivity contribution in [3.05, 3.63) is 24.7 Å². The molecule has 0 spiro atoms. The van der Waals surface area contributed by atoms with Crippen molar-refractivity contribution in [2.45, 2.75) is 0 Å². The van der Waals surface area contributed by atoms with E-state index < -0.39 is 10.0 Å². The molecule has 0 bridgehead atoms. The van der Waals surface area contributed by atoms with Crippen molar-refractivity contribution in [1.29, 1.82) is 0 Å². The molecule has 0 aromatic rings. The lowest BCUT2D eigenvalue weighted by Gasteiger charge is -1.99. The standard InChI is InChI=1S/C7H12N2O3S/c1-4-5-8-7(12-2)6-9-13(3,10)11/h4-6,9H,1H2,2-3H3/b7-6-,8-5-. The molecule has 0 unspecified atom stereocenters. The molecule has 5 nitrogen and oxygen atoms in total. The van der Waals surface area contributed by atoms with Gasteiger partial charge in [-0.05, 0) is 0 Å². The highest BCUT2D eigenvalue weighted by molar-refractivity contribution is 7.88. The number of allylic oxidation sites excluding steroid dienone is 1. The summed E-state index contributed by atoms with van der Waals surface area (Å²) in [6, 6.07) is 0. The molecule has 0 saturated heterocycles. The fourth-order valence-corrected chi connectivity index (χ4v) is 0.747. The van der Waals surface area contributed by atoms with Crippen molar-refractivity contribution in [2.75, 3.05) is 13.4 Å². The van der Waals surface area contributed by atoms with Gasteiger partial charge in [-0.2, -0.15) is 0 Å². The van der Waals surface area contributed by atoms with Gasteiger partial charge >= 0.3 is 0 Å². The van der Waals surface area contributed by atoms with E-state index in [4.69, 9.17) is 4.74 Å². The molecule has 0 aromatic heterocycles. The van der Waals surface area contributed by atoms with Crippen molar-refractivity contribution >= 4 is 16.2 Å². The first-order chi connectivity index (χ1) is 5.99. The first-order valence-electron chi connectivity index (χ1n) is 3.36. The number of methoxy groups -OCH3 is 1. The van der Waals surface area contributed by atoms with Crippen LogP contribution in [0.15, 0.2) is 29.7 Å². The molecular formula is C7H12N2O3S. The monoisotopic (exact) mass is 204 g/mol. The Kier molecular flexibility index (Phi) is 4.83. The van der Waals surface area contributed by atoms with E-state index in [9.17, 15) is 8.42 Å². The number of sulfonamides is 1. The number of ether oxygens (including phenoxy) is 1. The molecule has 13 heavy (non-hydrogen) atoms. The lowest BCUT2D eigenvalue weighted by Crippen LogP contribution is -2.15. The third-order valence-electron chi connectivity index (χ3n) is 0.913. The van der Waals surface area contributed by atoms with Crippen molar-refractivity contribution in [3.63, 3.8) is 0 Å². The summed E-state index contributed by atoms with van der Waals surface area (Å²) in [6.45, 7) is 3.41. The van der Waals surface area contributed by atoms with Crippen molar-refractivity contribution in [3.8, 4) is 0 Å². The molecule has 6 heteroatoms. The third kappa shape index (κ3) is 7.07. The summed E-state index contributed by atoms with van der Waals surface area (Å²) in [5, 5.41) is 0. The first-order valence-corrected chi connectivity index (χ1v) is 5.25. The molecular weight excluding hydrogens is 192 g/mol. The molecule has 0 fully saturated rings. The van der Waals surface area contributed by atoms with E-state index in [1.54, 1.807) is 0 Å². The van der Waals surface area contributed by atoms with Crippen molar-refractivity contribution < 1.29 is 13.2 Å². The Labute approximate surface area is 77.9 Å². The molecule has 0 aromatic carbocycles. The minimum Gasteiger partial charge on any atom is -0.480 e. The summed E-state index contributed by atoms with van der Waals surface area (Å²) in [4.78, 5) is 3.73. The van der Waals surface area contributed by atoms with Crippen LogP contribution in [0.25, 0.3) is 0 Å². The highest BCUT2D eigenvalue weighted by Crippen LogP contribution is 1.94. The quantitative estimate of drug-likeness (QED) is 0.515. The predicted octanol–water partition coefficient (Wildman–Crippen LogP) is 0.238. The second-order valence-corrected chi connectivity index (χ2v) is 3.87. The van der Waals surface area contributed by atoms with E-state index >= 15 is 0 Å². The molecule has 0 amide bonds. The fraction of sp³-hybridized carbons (Fsp3) is 0.286. The second kappa shape index (κ2) is 5.36. The zero-order chi connectivity index (χ0) is 10.3. The van der Waals surface area contributed by atoms with Crippen LogP contribution in [0.4, 0.5) is 0 Å². The Balaban J connectivity index is 4.40. The first kappa shape index (κ1) is 11.7. The van der Waals surface area contributed by atoms with Crippen LogP contribution >= 0.6 is 0 Å². The highest BCUT2D eigenvalue weighted by Gasteiger charge is 1.96. The molecule has 0 aliphatic heterocycles. The van der Waals surface area contributed by atoms with Crippen LogP contribution < -0.4 is 4.72 Å². The minimum absolute atomic E-state index is 0.158. The van der Waals surface area contributed by atoms with Gasteiger partial charge in [0.2, 0.25) is 15.9 Å². The lowest BCUT2D eigenvalue weighted by atomic mass is 10.7. The van der Waals surface area contributed by atoms with Crippen LogP contribution in [0.3, 0.4) is 0 Å². The van der Waals surface area contributed by atoms with E-state index in [-0.39, 0.29) is 5.88 Å². The van der Waals surface area contributed by atoms with E-state index in [2.05, 4.69) is 16.3 Å². The number of hydrogen-bond donors (Lipinski definition) is 1. The average Bonchev–Trinajstić information content (AvgIpc) is 2.03. The Bertz CT molecular complexity index is 317. The minimum atomic E-state index is -3.26. The van der Waals surface area contributed by atoms with Crippen LogP contribution in [-0.4, -0.2) is 28.0 Å². The van der Waals surface area contributed by atoms with Gasteiger partial charge in [-0.15, -0.1) is 0 Å². The van der Waals surface area contributed by atoms with Gasteiger partial charge in [0.15, 0.2) is 0 Å². The average molecular weight is 204 g/mol. The maximum Gasteiger partial charge on any atom is 0.230 e. The Hall–Kier alpha value is -1.30. The normalized spacial score (nSPS) is 12.9. The van der Waals surface area contributed by atoms with Crippen molar-refractivity contribution in [1.82, 2.24) is 4.72 Å². The van der Waals surface area contributed by atoms with E-state index in [1.165, 1.54) is 19.4 Å². The molecule has 0 aliphatic carbocycles. The van der Waals surface area contributed by atoms with E-state index in [0.717, 1.165) is 12.5 Å². The SMILES string of the molecule is C=C/C=N\C(=C\NS(C)(=O)=O)OC. The molecule has 0 saturated carbocycles. The van der Waals surface area contributed by atoms with E-state index in [0.29, 0.717) is 0 Å². The second-order valence-electron chi connectivity index (χ2n) is 2.09. The van der Waals surface area contributed by atoms with Gasteiger partial charge in [0.25, 0.3) is 0 Å². The number of rotatable bonds is 5. The topological polar surface area (TPSA) is 67.8 Å². The molecule has 0 aliphatic rings. The van der Waals surface area contributed by atoms with Crippen LogP contribution in [0.5, 0.6) is 0 Å². The summed E-state index contributed by atoms with van der Waals surface area (Å²) in [5.74, 6) is 0.158. The molecule has 0 heterocycles. The summed E-state index contributed by atoms with van der Waals surface area (Å²) < 4.78 is 28.1. The van der Waals surface area contributed by atoms with E-state index in [1.807, 2.05) is 0 Å². The largest absolute Gasteiger partial charge is 0.480 e. The summed E-state index contributed by atoms with van der Waals surface area (Å²) in [7, 11) is -1.88. The van der Waals surface area contributed by atoms with Gasteiger partial charge in [0, 0.05) is 6.21 Å². The molecule has 1 N–H and O–H groups in total. The Morgan fingerprint density at radius 2 is 2.23 bits per heavy atom.